The first-order valence-electron chi connectivity index (χ1n) is 6.32. The van der Waals surface area contributed by atoms with E-state index in [1.807, 2.05) is 0 Å². The first-order valence-corrected chi connectivity index (χ1v) is 8.59. The van der Waals surface area contributed by atoms with E-state index < -0.39 is 0 Å². The van der Waals surface area contributed by atoms with E-state index in [0.29, 0.717) is 5.15 Å². The van der Waals surface area contributed by atoms with Crippen molar-refractivity contribution in [1.29, 1.82) is 0 Å². The van der Waals surface area contributed by atoms with Gasteiger partial charge < -0.3 is 0 Å². The molecular formula is C16H8ClIN2S. The zero-order valence-corrected chi connectivity index (χ0v) is 14.4. The van der Waals surface area contributed by atoms with Crippen LogP contribution in [0.5, 0.6) is 0 Å². The van der Waals surface area contributed by atoms with E-state index in [-0.39, 0.29) is 0 Å². The molecule has 0 aliphatic carbocycles. The van der Waals surface area contributed by atoms with Crippen molar-refractivity contribution in [2.24, 2.45) is 0 Å². The van der Waals surface area contributed by atoms with Gasteiger partial charge in [0, 0.05) is 5.56 Å². The molecule has 4 aromatic rings. The van der Waals surface area contributed by atoms with Crippen molar-refractivity contribution >= 4 is 66.5 Å². The van der Waals surface area contributed by atoms with Gasteiger partial charge in [0.15, 0.2) is 0 Å². The Morgan fingerprint density at radius 3 is 2.71 bits per heavy atom. The Hall–Kier alpha value is -1.24. The van der Waals surface area contributed by atoms with E-state index >= 15 is 0 Å². The summed E-state index contributed by atoms with van der Waals surface area (Å²) in [4.78, 5) is 9.42. The molecule has 2 heterocycles. The smallest absolute Gasteiger partial charge is 0.141 e. The highest BCUT2D eigenvalue weighted by Gasteiger charge is 2.18. The molecule has 0 aliphatic rings. The zero-order valence-electron chi connectivity index (χ0n) is 10.7. The summed E-state index contributed by atoms with van der Waals surface area (Å²) in [6.45, 7) is 0. The molecule has 4 rings (SSSR count). The molecule has 102 valence electrons. The van der Waals surface area contributed by atoms with Crippen LogP contribution >= 0.6 is 45.5 Å². The van der Waals surface area contributed by atoms with Crippen LogP contribution in [0.3, 0.4) is 0 Å². The predicted octanol–water partition coefficient (Wildman–Crippen LogP) is 5.77. The van der Waals surface area contributed by atoms with Crippen molar-refractivity contribution in [1.82, 2.24) is 9.97 Å². The number of hydrogen-bond donors (Lipinski definition) is 0. The Morgan fingerprint density at radius 2 is 1.81 bits per heavy atom. The zero-order chi connectivity index (χ0) is 14.4. The minimum Gasteiger partial charge on any atom is -0.225 e. The first kappa shape index (κ1) is 13.4. The Labute approximate surface area is 143 Å². The number of aromatic nitrogens is 2. The minimum atomic E-state index is 0.516. The topological polar surface area (TPSA) is 25.8 Å². The summed E-state index contributed by atoms with van der Waals surface area (Å²) in [6, 6.07) is 14.7. The van der Waals surface area contributed by atoms with E-state index in [0.717, 1.165) is 15.8 Å². The van der Waals surface area contributed by atoms with Crippen LogP contribution in [-0.4, -0.2) is 9.97 Å². The maximum Gasteiger partial charge on any atom is 0.141 e. The molecule has 0 saturated heterocycles. The molecule has 0 unspecified atom stereocenters. The number of fused-ring (bicyclic) bond motifs is 2. The van der Waals surface area contributed by atoms with Crippen molar-refractivity contribution in [3.63, 3.8) is 0 Å². The Balaban J connectivity index is 2.17. The maximum absolute atomic E-state index is 6.33. The van der Waals surface area contributed by atoms with Gasteiger partial charge in [-0.1, -0.05) is 54.1 Å². The van der Waals surface area contributed by atoms with Crippen molar-refractivity contribution in [2.75, 3.05) is 0 Å². The summed E-state index contributed by atoms with van der Waals surface area (Å²) >= 11 is 10.3. The number of nitrogens with zero attached hydrogens (tertiary/aromatic N) is 2. The fourth-order valence-electron chi connectivity index (χ4n) is 2.55. The average Bonchev–Trinajstić information content (AvgIpc) is 2.84. The van der Waals surface area contributed by atoms with Crippen LogP contribution in [0, 0.1) is 2.88 Å². The minimum absolute atomic E-state index is 0.516. The van der Waals surface area contributed by atoms with E-state index in [2.05, 4.69) is 75.0 Å². The largest absolute Gasteiger partial charge is 0.225 e. The van der Waals surface area contributed by atoms with Crippen molar-refractivity contribution < 1.29 is 0 Å². The Bertz CT molecular complexity index is 975. The standard InChI is InChI=1S/C16H8ClIN2S/c17-14-13-12(15(18)21-16(13)20-8-19-14)11-7-3-5-9-4-1-2-6-10(9)11/h1-8H. The maximum atomic E-state index is 6.33. The molecule has 2 aromatic carbocycles. The van der Waals surface area contributed by atoms with Crippen LogP contribution in [0.15, 0.2) is 48.8 Å². The molecule has 0 radical (unpaired) electrons. The predicted molar refractivity (Wildman–Crippen MR) is 98.1 cm³/mol. The molecule has 0 amide bonds. The van der Waals surface area contributed by atoms with Crippen LogP contribution in [0.25, 0.3) is 32.1 Å². The third-order valence-electron chi connectivity index (χ3n) is 3.46. The molecular weight excluding hydrogens is 415 g/mol. The van der Waals surface area contributed by atoms with Gasteiger partial charge in [-0.3, -0.25) is 0 Å². The SMILES string of the molecule is Clc1ncnc2sc(I)c(-c3cccc4ccccc34)c12. The third-order valence-corrected chi connectivity index (χ3v) is 5.83. The molecule has 0 aliphatic heterocycles. The fourth-order valence-corrected chi connectivity index (χ4v) is 4.91. The Morgan fingerprint density at radius 1 is 1.00 bits per heavy atom. The molecule has 0 atom stereocenters. The second-order valence-electron chi connectivity index (χ2n) is 4.62. The molecule has 0 bridgehead atoms. The van der Waals surface area contributed by atoms with E-state index in [1.165, 1.54) is 25.5 Å². The lowest BCUT2D eigenvalue weighted by Crippen LogP contribution is -1.85. The average molecular weight is 423 g/mol. The lowest BCUT2D eigenvalue weighted by Gasteiger charge is -2.07. The van der Waals surface area contributed by atoms with Crippen LogP contribution in [0.4, 0.5) is 0 Å². The van der Waals surface area contributed by atoms with Crippen molar-refractivity contribution in [3.05, 3.63) is 56.8 Å². The van der Waals surface area contributed by atoms with Gasteiger partial charge in [0.25, 0.3) is 0 Å². The van der Waals surface area contributed by atoms with Gasteiger partial charge in [-0.25, -0.2) is 9.97 Å². The normalized spacial score (nSPS) is 11.3. The van der Waals surface area contributed by atoms with E-state index in [4.69, 9.17) is 11.6 Å². The van der Waals surface area contributed by atoms with Crippen LogP contribution < -0.4 is 0 Å². The molecule has 0 saturated carbocycles. The molecule has 2 aromatic heterocycles. The molecule has 0 spiro atoms. The summed E-state index contributed by atoms with van der Waals surface area (Å²) < 4.78 is 1.18. The molecule has 0 N–H and O–H groups in total. The second kappa shape index (κ2) is 5.19. The molecule has 0 fully saturated rings. The number of halogens is 2. The third kappa shape index (κ3) is 2.13. The summed E-state index contributed by atoms with van der Waals surface area (Å²) in [5.41, 5.74) is 2.32. The van der Waals surface area contributed by atoms with E-state index in [9.17, 15) is 0 Å². The van der Waals surface area contributed by atoms with Crippen LogP contribution in [0.1, 0.15) is 0 Å². The van der Waals surface area contributed by atoms with Crippen LogP contribution in [0.2, 0.25) is 5.15 Å². The lowest BCUT2D eigenvalue weighted by molar-refractivity contribution is 1.23. The Kier molecular flexibility index (Phi) is 3.32. The summed E-state index contributed by atoms with van der Waals surface area (Å²) in [5, 5.41) is 3.91. The van der Waals surface area contributed by atoms with Crippen molar-refractivity contribution in [2.45, 2.75) is 0 Å². The summed E-state index contributed by atoms with van der Waals surface area (Å²) in [5.74, 6) is 0. The van der Waals surface area contributed by atoms with E-state index in [1.54, 1.807) is 11.3 Å². The first-order chi connectivity index (χ1) is 10.3. The quantitative estimate of drug-likeness (QED) is 0.287. The van der Waals surface area contributed by atoms with Gasteiger partial charge in [0.1, 0.15) is 16.3 Å². The number of rotatable bonds is 1. The monoisotopic (exact) mass is 422 g/mol. The van der Waals surface area contributed by atoms with Gasteiger partial charge in [-0.05, 0) is 38.9 Å². The highest BCUT2D eigenvalue weighted by Crippen LogP contribution is 2.43. The molecule has 21 heavy (non-hydrogen) atoms. The molecule has 2 nitrogen and oxygen atoms in total. The van der Waals surface area contributed by atoms with Crippen LogP contribution in [-0.2, 0) is 0 Å². The highest BCUT2D eigenvalue weighted by molar-refractivity contribution is 14.1. The van der Waals surface area contributed by atoms with Gasteiger partial charge in [0.2, 0.25) is 0 Å². The lowest BCUT2D eigenvalue weighted by atomic mass is 9.99. The van der Waals surface area contributed by atoms with Gasteiger partial charge in [0.05, 0.1) is 8.27 Å². The summed E-state index contributed by atoms with van der Waals surface area (Å²) in [7, 11) is 0. The summed E-state index contributed by atoms with van der Waals surface area (Å²) in [6.07, 6.45) is 1.52. The van der Waals surface area contributed by atoms with Crippen molar-refractivity contribution in [3.8, 4) is 11.1 Å². The van der Waals surface area contributed by atoms with Gasteiger partial charge in [-0.15, -0.1) is 11.3 Å². The number of thiophene rings is 1. The molecule has 5 heteroatoms. The van der Waals surface area contributed by atoms with Gasteiger partial charge >= 0.3 is 0 Å². The number of hydrogen-bond acceptors (Lipinski definition) is 3. The number of benzene rings is 2. The second-order valence-corrected chi connectivity index (χ2v) is 7.79. The fraction of sp³-hybridized carbons (Fsp3) is 0. The highest BCUT2D eigenvalue weighted by atomic mass is 127. The van der Waals surface area contributed by atoms with Gasteiger partial charge in [-0.2, -0.15) is 0 Å².